The zero-order valence-electron chi connectivity index (χ0n) is 23.8. The molecule has 3 aromatic carbocycles. The third-order valence-corrected chi connectivity index (χ3v) is 7.43. The largest absolute Gasteiger partial charge is 0.478 e. The number of carbonyl (C=O) groups is 3. The first-order chi connectivity index (χ1) is 20.4. The summed E-state index contributed by atoms with van der Waals surface area (Å²) in [7, 11) is 0. The first-order valence-corrected chi connectivity index (χ1v) is 14.1. The average molecular weight is 570 g/mol. The lowest BCUT2D eigenvalue weighted by atomic mass is 9.96. The number of nitrogens with one attached hydrogen (secondary N) is 3. The van der Waals surface area contributed by atoms with Gasteiger partial charge in [-0.15, -0.1) is 0 Å². The molecular formula is C32H35N5O5. The van der Waals surface area contributed by atoms with E-state index in [1.54, 1.807) is 37.3 Å². The van der Waals surface area contributed by atoms with Crippen LogP contribution < -0.4 is 16.0 Å². The van der Waals surface area contributed by atoms with Crippen LogP contribution in [0, 0.1) is 6.92 Å². The van der Waals surface area contributed by atoms with E-state index in [1.165, 1.54) is 11.1 Å². The van der Waals surface area contributed by atoms with Crippen LogP contribution in [0.2, 0.25) is 0 Å². The van der Waals surface area contributed by atoms with Crippen LogP contribution in [0.4, 0.5) is 11.4 Å². The molecule has 1 fully saturated rings. The number of anilines is 2. The second-order valence-corrected chi connectivity index (χ2v) is 10.2. The zero-order chi connectivity index (χ0) is 29.6. The maximum atomic E-state index is 13.2. The van der Waals surface area contributed by atoms with Crippen molar-refractivity contribution in [3.05, 3.63) is 94.5 Å². The maximum Gasteiger partial charge on any atom is 0.336 e. The Bertz CT molecular complexity index is 1500. The minimum atomic E-state index is -1.05. The first kappa shape index (κ1) is 29.0. The van der Waals surface area contributed by atoms with Crippen LogP contribution in [-0.4, -0.2) is 78.7 Å². The Hall–Kier alpha value is -4.51. The van der Waals surface area contributed by atoms with Gasteiger partial charge in [0, 0.05) is 56.1 Å². The van der Waals surface area contributed by atoms with Gasteiger partial charge in [0.2, 0.25) is 0 Å². The van der Waals surface area contributed by atoms with Crippen LogP contribution in [0.3, 0.4) is 0 Å². The molecule has 1 saturated heterocycles. The van der Waals surface area contributed by atoms with Crippen LogP contribution in [0.1, 0.15) is 44.3 Å². The number of amides is 2. The molecular weight excluding hydrogens is 534 g/mol. The summed E-state index contributed by atoms with van der Waals surface area (Å²) in [5, 5.41) is 20.5. The lowest BCUT2D eigenvalue weighted by molar-refractivity contribution is -0.124. The van der Waals surface area contributed by atoms with E-state index in [2.05, 4.69) is 20.9 Å². The molecule has 0 aliphatic carbocycles. The summed E-state index contributed by atoms with van der Waals surface area (Å²) in [5.41, 5.74) is 4.69. The molecule has 0 saturated carbocycles. The Morgan fingerprint density at radius 1 is 1.02 bits per heavy atom. The number of fused-ring (bicyclic) bond motifs is 1. The molecule has 2 aliphatic rings. The number of rotatable bonds is 10. The van der Waals surface area contributed by atoms with Gasteiger partial charge in [-0.2, -0.15) is 0 Å². The van der Waals surface area contributed by atoms with Crippen molar-refractivity contribution in [3.63, 3.8) is 0 Å². The summed E-state index contributed by atoms with van der Waals surface area (Å²) in [6, 6.07) is 19.7. The van der Waals surface area contributed by atoms with Crippen molar-refractivity contribution in [2.24, 2.45) is 0 Å². The van der Waals surface area contributed by atoms with E-state index in [4.69, 9.17) is 4.84 Å². The third kappa shape index (κ3) is 6.36. The molecule has 0 spiro atoms. The van der Waals surface area contributed by atoms with Crippen LogP contribution in [0.5, 0.6) is 0 Å². The van der Waals surface area contributed by atoms with Gasteiger partial charge in [0.15, 0.2) is 0 Å². The number of hydrogen-bond acceptors (Lipinski definition) is 7. The number of piperazine rings is 1. The fraction of sp³-hybridized carbons (Fsp3) is 0.281. The van der Waals surface area contributed by atoms with Crippen molar-refractivity contribution in [2.75, 3.05) is 56.5 Å². The maximum absolute atomic E-state index is 13.2. The molecule has 0 unspecified atom stereocenters. The number of benzene rings is 3. The minimum absolute atomic E-state index is 0.138. The molecule has 0 aromatic heterocycles. The first-order valence-electron chi connectivity index (χ1n) is 14.1. The highest BCUT2D eigenvalue weighted by molar-refractivity contribution is 6.37. The third-order valence-electron chi connectivity index (χ3n) is 7.43. The molecule has 0 bridgehead atoms. The number of aryl methyl sites for hydroxylation is 1. The Morgan fingerprint density at radius 2 is 1.74 bits per heavy atom. The summed E-state index contributed by atoms with van der Waals surface area (Å²) >= 11 is 0. The van der Waals surface area contributed by atoms with Crippen molar-refractivity contribution >= 4 is 40.4 Å². The van der Waals surface area contributed by atoms with Crippen molar-refractivity contribution in [1.82, 2.24) is 15.3 Å². The quantitative estimate of drug-likeness (QED) is 0.214. The lowest BCUT2D eigenvalue weighted by Crippen LogP contribution is -2.45. The highest BCUT2D eigenvalue weighted by Gasteiger charge is 2.30. The SMILES string of the molecule is CCN(OCCN1CCNCC1)C(=O)c1ccc(N/C(=C2/C(=O)Nc3cc(C(=O)O)c(C)cc32)c2ccccc2)cc1. The van der Waals surface area contributed by atoms with Gasteiger partial charge in [0.25, 0.3) is 11.8 Å². The van der Waals surface area contributed by atoms with E-state index in [-0.39, 0.29) is 17.4 Å². The normalized spacial score (nSPS) is 16.0. The van der Waals surface area contributed by atoms with Gasteiger partial charge in [-0.25, -0.2) is 9.86 Å². The monoisotopic (exact) mass is 569 g/mol. The minimum Gasteiger partial charge on any atom is -0.478 e. The van der Waals surface area contributed by atoms with Crippen molar-refractivity contribution < 1.29 is 24.3 Å². The number of hydroxylamine groups is 2. The Labute approximate surface area is 244 Å². The fourth-order valence-corrected chi connectivity index (χ4v) is 5.18. The number of carbonyl (C=O) groups excluding carboxylic acids is 2. The molecule has 10 nitrogen and oxygen atoms in total. The van der Waals surface area contributed by atoms with Crippen molar-refractivity contribution in [3.8, 4) is 0 Å². The Morgan fingerprint density at radius 3 is 2.40 bits per heavy atom. The smallest absolute Gasteiger partial charge is 0.336 e. The number of carboxylic acids is 1. The van der Waals surface area contributed by atoms with E-state index in [0.717, 1.165) is 38.3 Å². The van der Waals surface area contributed by atoms with Gasteiger partial charge < -0.3 is 21.1 Å². The molecule has 3 aromatic rings. The number of hydrogen-bond donors (Lipinski definition) is 4. The molecule has 2 aliphatic heterocycles. The standard InChI is InChI=1S/C32H35N5O5/c1-3-37(42-18-17-36-15-13-33-14-16-36)31(39)23-9-11-24(12-10-23)34-29(22-7-5-4-6-8-22)28-26-19-21(2)25(32(40)41)20-27(26)35-30(28)38/h4-12,19-20,33-34H,3,13-18H2,1-2H3,(H,35,38)(H,40,41)/b29-28+. The molecule has 2 heterocycles. The van der Waals surface area contributed by atoms with Crippen molar-refractivity contribution in [2.45, 2.75) is 13.8 Å². The molecule has 218 valence electrons. The molecule has 0 radical (unpaired) electrons. The van der Waals surface area contributed by atoms with E-state index in [1.807, 2.05) is 37.3 Å². The van der Waals surface area contributed by atoms with Gasteiger partial charge in [-0.3, -0.25) is 19.3 Å². The Balaban J connectivity index is 1.37. The zero-order valence-corrected chi connectivity index (χ0v) is 23.8. The summed E-state index contributed by atoms with van der Waals surface area (Å²) in [5.74, 6) is -1.61. The molecule has 10 heteroatoms. The summed E-state index contributed by atoms with van der Waals surface area (Å²) in [6.07, 6.45) is 0. The second-order valence-electron chi connectivity index (χ2n) is 10.2. The fourth-order valence-electron chi connectivity index (χ4n) is 5.18. The molecule has 0 atom stereocenters. The van der Waals surface area contributed by atoms with Gasteiger partial charge in [-0.05, 0) is 61.4 Å². The van der Waals surface area contributed by atoms with Gasteiger partial charge in [0.1, 0.15) is 0 Å². The molecule has 2 amide bonds. The topological polar surface area (TPSA) is 123 Å². The number of aromatic carboxylic acids is 1. The van der Waals surface area contributed by atoms with Crippen molar-refractivity contribution in [1.29, 1.82) is 0 Å². The molecule has 4 N–H and O–H groups in total. The predicted molar refractivity (Wildman–Crippen MR) is 162 cm³/mol. The lowest BCUT2D eigenvalue weighted by Gasteiger charge is -2.28. The van der Waals surface area contributed by atoms with Crippen LogP contribution in [0.25, 0.3) is 11.3 Å². The molecule has 5 rings (SSSR count). The van der Waals surface area contributed by atoms with Gasteiger partial charge in [0.05, 0.1) is 29.1 Å². The van der Waals surface area contributed by atoms with Crippen LogP contribution in [-0.2, 0) is 9.63 Å². The van der Waals surface area contributed by atoms with E-state index < -0.39 is 5.97 Å². The molecule has 42 heavy (non-hydrogen) atoms. The van der Waals surface area contributed by atoms with E-state index in [9.17, 15) is 19.5 Å². The van der Waals surface area contributed by atoms with E-state index >= 15 is 0 Å². The Kier molecular flexibility index (Phi) is 8.97. The van der Waals surface area contributed by atoms with E-state index in [0.29, 0.717) is 52.5 Å². The van der Waals surface area contributed by atoms with Crippen LogP contribution in [0.15, 0.2) is 66.7 Å². The summed E-state index contributed by atoms with van der Waals surface area (Å²) in [4.78, 5) is 46.2. The predicted octanol–water partition coefficient (Wildman–Crippen LogP) is 3.92. The summed E-state index contributed by atoms with van der Waals surface area (Å²) < 4.78 is 0. The number of carboxylic acid groups (broad SMARTS) is 1. The summed E-state index contributed by atoms with van der Waals surface area (Å²) in [6.45, 7) is 9.06. The van der Waals surface area contributed by atoms with Gasteiger partial charge in [-0.1, -0.05) is 30.3 Å². The highest BCUT2D eigenvalue weighted by atomic mass is 16.7. The van der Waals surface area contributed by atoms with Gasteiger partial charge >= 0.3 is 5.97 Å². The average Bonchev–Trinajstić information content (AvgIpc) is 3.32. The van der Waals surface area contributed by atoms with Crippen LogP contribution >= 0.6 is 0 Å². The number of nitrogens with zero attached hydrogens (tertiary/aromatic N) is 2. The highest BCUT2D eigenvalue weighted by Crippen LogP contribution is 2.39. The second kappa shape index (κ2) is 13.0.